The molecule has 0 fully saturated rings. The second kappa shape index (κ2) is 13.3. The second-order valence-corrected chi connectivity index (χ2v) is 21.9. The Morgan fingerprint density at radius 3 is 1.56 bits per heavy atom. The van der Waals surface area contributed by atoms with Crippen LogP contribution in [0.2, 0.25) is 0 Å². The van der Waals surface area contributed by atoms with Gasteiger partial charge in [-0.25, -0.2) is 0 Å². The number of para-hydroxylation sites is 1. The first kappa shape index (κ1) is 36.0. The molecule has 0 atom stereocenters. The van der Waals surface area contributed by atoms with Crippen LogP contribution < -0.4 is 46.9 Å². The third-order valence-corrected chi connectivity index (χ3v) is 18.5. The molecule has 2 nitrogen and oxygen atoms in total. The maximum atomic E-state index is 2.63. The average molecular weight is 797 g/mol. The molecular weight excluding hydrogens is 752 g/mol. The molecule has 0 bridgehead atoms. The van der Waals surface area contributed by atoms with Crippen LogP contribution in [0, 0.1) is 6.92 Å². The summed E-state index contributed by atoms with van der Waals surface area (Å²) in [6.45, 7) is 9.16. The van der Waals surface area contributed by atoms with E-state index >= 15 is 0 Å². The summed E-state index contributed by atoms with van der Waals surface area (Å²) < 4.78 is 0. The molecule has 290 valence electrons. The number of anilines is 6. The van der Waals surface area contributed by atoms with Crippen LogP contribution in [-0.2, 0) is 5.41 Å². The van der Waals surface area contributed by atoms with E-state index < -0.39 is 8.07 Å². The molecule has 0 spiro atoms. The van der Waals surface area contributed by atoms with Crippen molar-refractivity contribution >= 4 is 96.8 Å². The molecule has 3 aliphatic heterocycles. The Bertz CT molecular complexity index is 3150. The van der Waals surface area contributed by atoms with E-state index in [2.05, 4.69) is 238 Å². The quantitative estimate of drug-likeness (QED) is 0.164. The molecular formula is C57H45BN2Si. The van der Waals surface area contributed by atoms with Crippen molar-refractivity contribution in [1.29, 1.82) is 0 Å². The van der Waals surface area contributed by atoms with Crippen molar-refractivity contribution in [3.8, 4) is 11.1 Å². The van der Waals surface area contributed by atoms with Crippen LogP contribution in [0.4, 0.5) is 34.1 Å². The van der Waals surface area contributed by atoms with Crippen LogP contribution in [0.25, 0.3) is 21.9 Å². The molecule has 9 aromatic rings. The Morgan fingerprint density at radius 1 is 0.426 bits per heavy atom. The Hall–Kier alpha value is -6.88. The van der Waals surface area contributed by atoms with Crippen LogP contribution in [0.3, 0.4) is 0 Å². The molecule has 0 radical (unpaired) electrons. The van der Waals surface area contributed by atoms with Crippen molar-refractivity contribution in [3.05, 3.63) is 211 Å². The van der Waals surface area contributed by atoms with Crippen LogP contribution in [-0.4, -0.2) is 14.8 Å². The van der Waals surface area contributed by atoms with Gasteiger partial charge in [-0.05, 0) is 131 Å². The first-order valence-electron chi connectivity index (χ1n) is 21.6. The van der Waals surface area contributed by atoms with Gasteiger partial charge in [-0.1, -0.05) is 172 Å². The number of aryl methyl sites for hydroxylation is 1. The molecule has 3 aliphatic rings. The lowest BCUT2D eigenvalue weighted by molar-refractivity contribution is 0.590. The highest BCUT2D eigenvalue weighted by Gasteiger charge is 2.51. The zero-order chi connectivity index (χ0) is 41.0. The predicted octanol–water partition coefficient (Wildman–Crippen LogP) is 9.89. The summed E-state index contributed by atoms with van der Waals surface area (Å²) in [6, 6.07) is 76.4. The molecule has 0 N–H and O–H groups in total. The van der Waals surface area contributed by atoms with Crippen molar-refractivity contribution in [2.24, 2.45) is 0 Å². The van der Waals surface area contributed by atoms with E-state index in [1.807, 2.05) is 0 Å². The molecule has 12 rings (SSSR count). The minimum absolute atomic E-state index is 0.00727. The van der Waals surface area contributed by atoms with Gasteiger partial charge in [0.15, 0.2) is 8.07 Å². The molecule has 0 amide bonds. The number of hydrogen-bond acceptors (Lipinski definition) is 2. The zero-order valence-electron chi connectivity index (χ0n) is 35.0. The van der Waals surface area contributed by atoms with Gasteiger partial charge >= 0.3 is 0 Å². The fraction of sp³-hybridized carbons (Fsp3) is 0.0877. The zero-order valence-corrected chi connectivity index (χ0v) is 36.0. The summed E-state index contributed by atoms with van der Waals surface area (Å²) in [5.41, 5.74) is 16.7. The number of nitrogens with zero attached hydrogens (tertiary/aromatic N) is 2. The van der Waals surface area contributed by atoms with E-state index in [1.165, 1.54) is 104 Å². The van der Waals surface area contributed by atoms with E-state index in [0.717, 1.165) is 0 Å². The molecule has 0 unspecified atom stereocenters. The van der Waals surface area contributed by atoms with Gasteiger partial charge in [-0.15, -0.1) is 0 Å². The van der Waals surface area contributed by atoms with Gasteiger partial charge in [0.1, 0.15) is 0 Å². The summed E-state index contributed by atoms with van der Waals surface area (Å²) in [6.07, 6.45) is 0. The maximum Gasteiger partial charge on any atom is 0.252 e. The summed E-state index contributed by atoms with van der Waals surface area (Å²) in [5.74, 6) is 0. The average Bonchev–Trinajstić information content (AvgIpc) is 3.58. The molecule has 0 aliphatic carbocycles. The van der Waals surface area contributed by atoms with Gasteiger partial charge in [0.2, 0.25) is 0 Å². The predicted molar refractivity (Wildman–Crippen MR) is 264 cm³/mol. The number of fused-ring (bicyclic) bond motifs is 8. The summed E-state index contributed by atoms with van der Waals surface area (Å²) in [5, 5.41) is 8.26. The Labute approximate surface area is 360 Å². The normalized spacial score (nSPS) is 14.3. The van der Waals surface area contributed by atoms with Crippen LogP contribution in [0.1, 0.15) is 31.9 Å². The van der Waals surface area contributed by atoms with Crippen molar-refractivity contribution in [3.63, 3.8) is 0 Å². The number of rotatable bonds is 4. The largest absolute Gasteiger partial charge is 0.311 e. The van der Waals surface area contributed by atoms with Crippen molar-refractivity contribution < 1.29 is 0 Å². The second-order valence-electron chi connectivity index (χ2n) is 18.2. The van der Waals surface area contributed by atoms with Gasteiger partial charge in [-0.3, -0.25) is 0 Å². The third kappa shape index (κ3) is 5.22. The lowest BCUT2D eigenvalue weighted by Crippen LogP contribution is -2.73. The topological polar surface area (TPSA) is 6.48 Å². The van der Waals surface area contributed by atoms with Gasteiger partial charge < -0.3 is 9.80 Å². The Kier molecular flexibility index (Phi) is 7.86. The molecule has 0 saturated carbocycles. The summed E-state index contributed by atoms with van der Waals surface area (Å²) in [7, 11) is -2.76. The Morgan fingerprint density at radius 2 is 0.934 bits per heavy atom. The van der Waals surface area contributed by atoms with E-state index in [-0.39, 0.29) is 12.1 Å². The van der Waals surface area contributed by atoms with Gasteiger partial charge in [0.25, 0.3) is 6.71 Å². The molecule has 9 aromatic carbocycles. The lowest BCUT2D eigenvalue weighted by Gasteiger charge is -2.45. The minimum Gasteiger partial charge on any atom is -0.311 e. The van der Waals surface area contributed by atoms with E-state index in [0.29, 0.717) is 0 Å². The van der Waals surface area contributed by atoms with Gasteiger partial charge in [0, 0.05) is 34.1 Å². The minimum atomic E-state index is -2.76. The lowest BCUT2D eigenvalue weighted by atomic mass is 9.33. The van der Waals surface area contributed by atoms with E-state index in [4.69, 9.17) is 0 Å². The van der Waals surface area contributed by atoms with Crippen LogP contribution in [0.5, 0.6) is 0 Å². The monoisotopic (exact) mass is 796 g/mol. The molecule has 0 aromatic heterocycles. The van der Waals surface area contributed by atoms with Crippen molar-refractivity contribution in [2.75, 3.05) is 9.80 Å². The first-order chi connectivity index (χ1) is 29.8. The van der Waals surface area contributed by atoms with E-state index in [9.17, 15) is 0 Å². The van der Waals surface area contributed by atoms with E-state index in [1.54, 1.807) is 0 Å². The highest BCUT2D eigenvalue weighted by Crippen LogP contribution is 2.46. The summed E-state index contributed by atoms with van der Waals surface area (Å²) in [4.78, 5) is 5.14. The first-order valence-corrected chi connectivity index (χ1v) is 23.6. The SMILES string of the molecule is Cc1cc2c3c(c1)N(c1ccc(C(C)(C)C)cc1)c1cc4ccccc4cc1B3c1cc3c(cc1N2c1ccccc1)[Si](c1ccccc1)(c1ccccc1)c1ccccc1-3. The number of hydrogen-bond donors (Lipinski definition) is 0. The smallest absolute Gasteiger partial charge is 0.252 e. The van der Waals surface area contributed by atoms with Crippen LogP contribution in [0.15, 0.2) is 200 Å². The van der Waals surface area contributed by atoms with Crippen molar-refractivity contribution in [1.82, 2.24) is 0 Å². The highest BCUT2D eigenvalue weighted by molar-refractivity contribution is 7.22. The summed E-state index contributed by atoms with van der Waals surface area (Å²) >= 11 is 0. The van der Waals surface area contributed by atoms with Crippen LogP contribution >= 0.6 is 0 Å². The van der Waals surface area contributed by atoms with Gasteiger partial charge in [0.05, 0.1) is 0 Å². The molecule has 61 heavy (non-hydrogen) atoms. The van der Waals surface area contributed by atoms with Gasteiger partial charge in [-0.2, -0.15) is 0 Å². The molecule has 4 heteroatoms. The standard InChI is InChI=1S/C57H45BN2Si/c1-38-32-52-56-53(33-38)60(43-30-28-41(29-31-43)57(2,3)4)50-35-40-19-15-14-18-39(40)34-48(50)58(56)49-36-47-46-26-16-17-27-54(46)61(44-22-10-6-11-23-44,45-24-12-7-13-25-45)55(47)37-51(49)59(52)42-20-8-5-9-21-42/h5-37H,1-4H3. The maximum absolute atomic E-state index is 2.76. The molecule has 3 heterocycles. The Balaban J connectivity index is 1.21. The number of benzene rings is 9. The molecule has 0 saturated heterocycles. The fourth-order valence-corrected chi connectivity index (χ4v) is 16.2. The highest BCUT2D eigenvalue weighted by atomic mass is 28.3. The third-order valence-electron chi connectivity index (χ3n) is 13.7. The van der Waals surface area contributed by atoms with Crippen molar-refractivity contribution in [2.45, 2.75) is 33.1 Å². The fourth-order valence-electron chi connectivity index (χ4n) is 11.0.